The number of hydrogen-bond donors (Lipinski definition) is 1. The zero-order valence-corrected chi connectivity index (χ0v) is 14.6. The van der Waals surface area contributed by atoms with Crippen LogP contribution < -0.4 is 26.5 Å². The zero-order chi connectivity index (χ0) is 19.0. The summed E-state index contributed by atoms with van der Waals surface area (Å²) >= 11 is 0. The maximum absolute atomic E-state index is 12.8. The highest BCUT2D eigenvalue weighted by Crippen LogP contribution is 2.39. The molecule has 1 aromatic carbocycles. The lowest BCUT2D eigenvalue weighted by Crippen LogP contribution is -2.42. The molecule has 1 aliphatic rings. The minimum absolute atomic E-state index is 0.0495. The first-order valence-corrected chi connectivity index (χ1v) is 8.00. The summed E-state index contributed by atoms with van der Waals surface area (Å²) in [5.74, 6) is -0.132. The highest BCUT2D eigenvalue weighted by molar-refractivity contribution is 5.53. The van der Waals surface area contributed by atoms with E-state index in [0.717, 1.165) is 4.57 Å². The monoisotopic (exact) mass is 354 g/mol. The minimum Gasteiger partial charge on any atom is -0.494 e. The molecule has 0 radical (unpaired) electrons. The molecule has 134 valence electrons. The van der Waals surface area contributed by atoms with Crippen molar-refractivity contribution in [1.82, 2.24) is 9.13 Å². The van der Waals surface area contributed by atoms with Gasteiger partial charge in [0.25, 0.3) is 5.56 Å². The Morgan fingerprint density at radius 1 is 1.23 bits per heavy atom. The number of nitrogens with zero attached hydrogens (tertiary/aromatic N) is 3. The van der Waals surface area contributed by atoms with Crippen molar-refractivity contribution in [1.29, 1.82) is 5.26 Å². The van der Waals surface area contributed by atoms with Crippen molar-refractivity contribution in [2.24, 2.45) is 19.8 Å². The molecule has 2 aromatic rings. The van der Waals surface area contributed by atoms with Gasteiger partial charge in [0.15, 0.2) is 0 Å². The molecular weight excluding hydrogens is 336 g/mol. The summed E-state index contributed by atoms with van der Waals surface area (Å²) in [6, 6.07) is 9.07. The molecule has 0 saturated heterocycles. The highest BCUT2D eigenvalue weighted by atomic mass is 16.5. The topological polar surface area (TPSA) is 112 Å². The molecule has 0 bridgehead atoms. The summed E-state index contributed by atoms with van der Waals surface area (Å²) < 4.78 is 13.1. The molecule has 0 spiro atoms. The van der Waals surface area contributed by atoms with Crippen LogP contribution in [0.5, 0.6) is 11.6 Å². The number of fused-ring (bicyclic) bond motifs is 1. The first-order chi connectivity index (χ1) is 12.4. The molecule has 1 atom stereocenters. The molecule has 0 amide bonds. The third kappa shape index (κ3) is 2.54. The van der Waals surface area contributed by atoms with Crippen LogP contribution >= 0.6 is 0 Å². The fourth-order valence-electron chi connectivity index (χ4n) is 3.04. The quantitative estimate of drug-likeness (QED) is 0.868. The van der Waals surface area contributed by atoms with Crippen LogP contribution in [0.2, 0.25) is 0 Å². The number of ether oxygens (including phenoxy) is 2. The molecule has 8 heteroatoms. The summed E-state index contributed by atoms with van der Waals surface area (Å²) in [6.45, 7) is 2.41. The summed E-state index contributed by atoms with van der Waals surface area (Å²) in [6.07, 6.45) is 0. The van der Waals surface area contributed by atoms with Crippen LogP contribution in [0.1, 0.15) is 24.0 Å². The van der Waals surface area contributed by atoms with Gasteiger partial charge in [-0.05, 0) is 24.6 Å². The number of nitrogens with two attached hydrogens (primary N) is 1. The van der Waals surface area contributed by atoms with Crippen molar-refractivity contribution in [2.75, 3.05) is 6.61 Å². The second kappa shape index (κ2) is 6.44. The van der Waals surface area contributed by atoms with E-state index in [1.807, 2.05) is 13.0 Å². The summed E-state index contributed by atoms with van der Waals surface area (Å²) in [4.78, 5) is 25.0. The predicted molar refractivity (Wildman–Crippen MR) is 93.8 cm³/mol. The van der Waals surface area contributed by atoms with Crippen molar-refractivity contribution in [2.45, 2.75) is 12.8 Å². The van der Waals surface area contributed by atoms with E-state index in [1.54, 1.807) is 24.3 Å². The van der Waals surface area contributed by atoms with Crippen molar-refractivity contribution in [3.63, 3.8) is 0 Å². The van der Waals surface area contributed by atoms with Gasteiger partial charge in [-0.1, -0.05) is 12.1 Å². The number of nitriles is 1. The molecular formula is C18H18N4O4. The van der Waals surface area contributed by atoms with E-state index in [9.17, 15) is 14.9 Å². The van der Waals surface area contributed by atoms with Gasteiger partial charge in [0, 0.05) is 14.1 Å². The van der Waals surface area contributed by atoms with Crippen LogP contribution in [0.25, 0.3) is 0 Å². The third-order valence-electron chi connectivity index (χ3n) is 4.34. The second-order valence-electron chi connectivity index (χ2n) is 5.85. The van der Waals surface area contributed by atoms with Gasteiger partial charge in [0.1, 0.15) is 17.4 Å². The Hall–Kier alpha value is -3.47. The van der Waals surface area contributed by atoms with Gasteiger partial charge in [-0.15, -0.1) is 0 Å². The normalized spacial score (nSPS) is 15.8. The molecule has 2 heterocycles. The number of rotatable bonds is 3. The van der Waals surface area contributed by atoms with Crippen LogP contribution in [0, 0.1) is 11.3 Å². The first kappa shape index (κ1) is 17.4. The lowest BCUT2D eigenvalue weighted by Gasteiger charge is -2.27. The standard InChI is InChI=1S/C18H18N4O4/c1-4-25-11-7-5-10(6-8-11)13-12(9-19)15(20)26-17-14(13)16(23)21(2)18(24)22(17)3/h5-8,13H,4,20H2,1-3H3/t13-/m1/s1. The van der Waals surface area contributed by atoms with Crippen molar-refractivity contribution < 1.29 is 9.47 Å². The molecule has 0 fully saturated rings. The SMILES string of the molecule is CCOc1ccc([C@@H]2C(C#N)=C(N)Oc3c2c(=O)n(C)c(=O)n3C)cc1. The first-order valence-electron chi connectivity index (χ1n) is 8.00. The van der Waals surface area contributed by atoms with E-state index in [2.05, 4.69) is 0 Å². The Morgan fingerprint density at radius 2 is 1.88 bits per heavy atom. The average molecular weight is 354 g/mol. The van der Waals surface area contributed by atoms with Crippen LogP contribution in [0.4, 0.5) is 0 Å². The van der Waals surface area contributed by atoms with Crippen molar-refractivity contribution in [3.05, 3.63) is 67.7 Å². The Labute approximate surface area is 149 Å². The number of benzene rings is 1. The van der Waals surface area contributed by atoms with E-state index in [0.29, 0.717) is 17.9 Å². The van der Waals surface area contributed by atoms with Gasteiger partial charge >= 0.3 is 5.69 Å². The smallest absolute Gasteiger partial charge is 0.333 e. The number of aromatic nitrogens is 2. The molecule has 0 aliphatic carbocycles. The van der Waals surface area contributed by atoms with Gasteiger partial charge < -0.3 is 15.2 Å². The maximum atomic E-state index is 12.8. The van der Waals surface area contributed by atoms with Crippen molar-refractivity contribution in [3.8, 4) is 17.7 Å². The van der Waals surface area contributed by atoms with Crippen LogP contribution in [0.15, 0.2) is 45.3 Å². The molecule has 1 aliphatic heterocycles. The second-order valence-corrected chi connectivity index (χ2v) is 5.85. The van der Waals surface area contributed by atoms with E-state index in [-0.39, 0.29) is 22.9 Å². The van der Waals surface area contributed by atoms with Gasteiger partial charge in [-0.3, -0.25) is 13.9 Å². The van der Waals surface area contributed by atoms with Gasteiger partial charge in [0.2, 0.25) is 11.8 Å². The Kier molecular flexibility index (Phi) is 4.30. The Morgan fingerprint density at radius 3 is 2.46 bits per heavy atom. The van der Waals surface area contributed by atoms with E-state index in [4.69, 9.17) is 15.2 Å². The molecule has 0 saturated carbocycles. The van der Waals surface area contributed by atoms with Crippen LogP contribution in [-0.4, -0.2) is 15.7 Å². The van der Waals surface area contributed by atoms with E-state index < -0.39 is 17.2 Å². The van der Waals surface area contributed by atoms with Gasteiger partial charge in [0.05, 0.1) is 18.1 Å². The molecule has 0 unspecified atom stereocenters. The number of allylic oxidation sites excluding steroid dienone is 1. The highest BCUT2D eigenvalue weighted by Gasteiger charge is 2.35. The fraction of sp³-hybridized carbons (Fsp3) is 0.278. The van der Waals surface area contributed by atoms with E-state index >= 15 is 0 Å². The summed E-state index contributed by atoms with van der Waals surface area (Å²) in [7, 11) is 2.87. The fourth-order valence-corrected chi connectivity index (χ4v) is 3.04. The van der Waals surface area contributed by atoms with Gasteiger partial charge in [-0.2, -0.15) is 5.26 Å². The molecule has 1 aromatic heterocycles. The third-order valence-corrected chi connectivity index (χ3v) is 4.34. The predicted octanol–water partition coefficient (Wildman–Crippen LogP) is 0.701. The molecule has 3 rings (SSSR count). The summed E-state index contributed by atoms with van der Waals surface area (Å²) in [5, 5.41) is 9.57. The Balaban J connectivity index is 2.29. The minimum atomic E-state index is -0.732. The Bertz CT molecular complexity index is 1050. The largest absolute Gasteiger partial charge is 0.494 e. The maximum Gasteiger partial charge on any atom is 0.333 e. The van der Waals surface area contributed by atoms with Gasteiger partial charge in [-0.25, -0.2) is 4.79 Å². The summed E-state index contributed by atoms with van der Waals surface area (Å²) in [5.41, 5.74) is 5.84. The number of hydrogen-bond acceptors (Lipinski definition) is 6. The average Bonchev–Trinajstić information content (AvgIpc) is 2.64. The zero-order valence-electron chi connectivity index (χ0n) is 14.6. The lowest BCUT2D eigenvalue weighted by atomic mass is 9.85. The molecule has 8 nitrogen and oxygen atoms in total. The molecule has 26 heavy (non-hydrogen) atoms. The lowest BCUT2D eigenvalue weighted by molar-refractivity contribution is 0.340. The van der Waals surface area contributed by atoms with Crippen LogP contribution in [0.3, 0.4) is 0 Å². The molecule has 2 N–H and O–H groups in total. The van der Waals surface area contributed by atoms with Crippen LogP contribution in [-0.2, 0) is 14.1 Å². The van der Waals surface area contributed by atoms with Crippen molar-refractivity contribution >= 4 is 0 Å². The van der Waals surface area contributed by atoms with E-state index in [1.165, 1.54) is 18.7 Å².